The number of nitrogens with zero attached hydrogens (tertiary/aromatic N) is 2. The van der Waals surface area contributed by atoms with E-state index in [0.717, 1.165) is 17.3 Å². The number of carboxylic acids is 1. The number of rotatable bonds is 4. The summed E-state index contributed by atoms with van der Waals surface area (Å²) in [6.07, 6.45) is 0. The van der Waals surface area contributed by atoms with Gasteiger partial charge in [-0.15, -0.1) is 0 Å². The minimum atomic E-state index is -0.933. The van der Waals surface area contributed by atoms with E-state index in [1.54, 1.807) is 24.3 Å². The highest BCUT2D eigenvalue weighted by atomic mass is 35.5. The van der Waals surface area contributed by atoms with E-state index < -0.39 is 5.97 Å². The second-order valence-corrected chi connectivity index (χ2v) is 4.44. The van der Waals surface area contributed by atoms with Crippen LogP contribution >= 0.6 is 23.4 Å². The van der Waals surface area contributed by atoms with Crippen molar-refractivity contribution in [1.82, 2.24) is 10.1 Å². The van der Waals surface area contributed by atoms with E-state index in [2.05, 4.69) is 10.1 Å². The van der Waals surface area contributed by atoms with Crippen molar-refractivity contribution < 1.29 is 14.4 Å². The lowest BCUT2D eigenvalue weighted by Gasteiger charge is -1.93. The molecule has 0 saturated heterocycles. The van der Waals surface area contributed by atoms with Gasteiger partial charge in [-0.1, -0.05) is 40.7 Å². The van der Waals surface area contributed by atoms with E-state index >= 15 is 0 Å². The van der Waals surface area contributed by atoms with E-state index in [9.17, 15) is 4.79 Å². The van der Waals surface area contributed by atoms with E-state index in [4.69, 9.17) is 21.2 Å². The van der Waals surface area contributed by atoms with Gasteiger partial charge in [-0.3, -0.25) is 4.79 Å². The van der Waals surface area contributed by atoms with Crippen molar-refractivity contribution in [3.63, 3.8) is 0 Å². The van der Waals surface area contributed by atoms with Crippen LogP contribution in [0.4, 0.5) is 0 Å². The summed E-state index contributed by atoms with van der Waals surface area (Å²) in [4.78, 5) is 14.4. The molecule has 2 aromatic rings. The fourth-order valence-electron chi connectivity index (χ4n) is 1.14. The van der Waals surface area contributed by atoms with Gasteiger partial charge in [-0.05, 0) is 12.1 Å². The monoisotopic (exact) mass is 270 g/mol. The van der Waals surface area contributed by atoms with Crippen LogP contribution in [0.5, 0.6) is 0 Å². The maximum atomic E-state index is 10.4. The molecular formula is C10H7ClN2O3S. The zero-order valence-corrected chi connectivity index (χ0v) is 10.0. The summed E-state index contributed by atoms with van der Waals surface area (Å²) in [7, 11) is 0. The third-order valence-corrected chi connectivity index (χ3v) is 2.85. The van der Waals surface area contributed by atoms with Gasteiger partial charge in [-0.25, -0.2) is 0 Å². The number of aliphatic carboxylic acids is 1. The summed E-state index contributed by atoms with van der Waals surface area (Å²) in [5.41, 5.74) is 0.725. The molecule has 0 aliphatic heterocycles. The van der Waals surface area contributed by atoms with Crippen LogP contribution in [0.2, 0.25) is 5.02 Å². The summed E-state index contributed by atoms with van der Waals surface area (Å²) in [6.45, 7) is 0. The van der Waals surface area contributed by atoms with Gasteiger partial charge in [0.05, 0.1) is 0 Å². The van der Waals surface area contributed by atoms with Crippen LogP contribution < -0.4 is 0 Å². The lowest BCUT2D eigenvalue weighted by molar-refractivity contribution is -0.133. The first-order chi connectivity index (χ1) is 8.15. The average Bonchev–Trinajstić information content (AvgIpc) is 2.75. The molecule has 7 heteroatoms. The van der Waals surface area contributed by atoms with Gasteiger partial charge < -0.3 is 9.63 Å². The molecule has 0 bridgehead atoms. The zero-order chi connectivity index (χ0) is 12.3. The maximum Gasteiger partial charge on any atom is 0.314 e. The van der Waals surface area contributed by atoms with Gasteiger partial charge in [0.15, 0.2) is 0 Å². The minimum absolute atomic E-state index is 0.114. The molecule has 1 aromatic heterocycles. The molecule has 1 N–H and O–H groups in total. The predicted molar refractivity (Wildman–Crippen MR) is 63.1 cm³/mol. The second kappa shape index (κ2) is 5.20. The third-order valence-electron chi connectivity index (χ3n) is 1.81. The van der Waals surface area contributed by atoms with Crippen molar-refractivity contribution in [3.05, 3.63) is 29.3 Å². The van der Waals surface area contributed by atoms with Crippen molar-refractivity contribution in [2.45, 2.75) is 5.22 Å². The van der Waals surface area contributed by atoms with Crippen LogP contribution in [0.25, 0.3) is 11.4 Å². The quantitative estimate of drug-likeness (QED) is 0.861. The molecule has 88 valence electrons. The molecule has 2 rings (SSSR count). The number of aromatic nitrogens is 2. The Hall–Kier alpha value is -1.53. The van der Waals surface area contributed by atoms with Crippen molar-refractivity contribution in [2.75, 3.05) is 5.75 Å². The smallest absolute Gasteiger partial charge is 0.314 e. The van der Waals surface area contributed by atoms with Gasteiger partial charge in [-0.2, -0.15) is 4.98 Å². The Morgan fingerprint density at radius 3 is 3.06 bits per heavy atom. The van der Waals surface area contributed by atoms with Crippen molar-refractivity contribution in [1.29, 1.82) is 0 Å². The molecule has 1 heterocycles. The highest BCUT2D eigenvalue weighted by Crippen LogP contribution is 2.23. The Balaban J connectivity index is 2.15. The third kappa shape index (κ3) is 3.21. The van der Waals surface area contributed by atoms with E-state index in [1.807, 2.05) is 0 Å². The number of thioether (sulfide) groups is 1. The lowest BCUT2D eigenvalue weighted by atomic mass is 10.2. The van der Waals surface area contributed by atoms with Crippen LogP contribution in [-0.2, 0) is 4.79 Å². The normalized spacial score (nSPS) is 10.4. The van der Waals surface area contributed by atoms with E-state index in [1.165, 1.54) is 0 Å². The maximum absolute atomic E-state index is 10.4. The van der Waals surface area contributed by atoms with Gasteiger partial charge >= 0.3 is 5.97 Å². The summed E-state index contributed by atoms with van der Waals surface area (Å²) in [5, 5.41) is 13.1. The fraction of sp³-hybridized carbons (Fsp3) is 0.100. The van der Waals surface area contributed by atoms with E-state index in [-0.39, 0.29) is 11.0 Å². The van der Waals surface area contributed by atoms with Crippen molar-refractivity contribution >= 4 is 29.3 Å². The molecule has 5 nitrogen and oxygen atoms in total. The molecular weight excluding hydrogens is 264 g/mol. The second-order valence-electron chi connectivity index (χ2n) is 3.08. The first-order valence-corrected chi connectivity index (χ1v) is 5.96. The van der Waals surface area contributed by atoms with Crippen LogP contribution in [0, 0.1) is 0 Å². The number of carboxylic acid groups (broad SMARTS) is 1. The van der Waals surface area contributed by atoms with Crippen LogP contribution in [0.3, 0.4) is 0 Å². The summed E-state index contributed by atoms with van der Waals surface area (Å²) in [6, 6.07) is 7.02. The summed E-state index contributed by atoms with van der Waals surface area (Å²) in [5.74, 6) is -0.658. The van der Waals surface area contributed by atoms with Gasteiger partial charge in [0.2, 0.25) is 5.82 Å². The van der Waals surface area contributed by atoms with Crippen LogP contribution in [0.1, 0.15) is 0 Å². The van der Waals surface area contributed by atoms with E-state index in [0.29, 0.717) is 10.8 Å². The lowest BCUT2D eigenvalue weighted by Crippen LogP contribution is -1.97. The molecule has 0 unspecified atom stereocenters. The molecule has 0 spiro atoms. The number of hydrogen-bond donors (Lipinski definition) is 1. The Morgan fingerprint density at radius 1 is 1.53 bits per heavy atom. The predicted octanol–water partition coefficient (Wildman–Crippen LogP) is 2.57. The Bertz CT molecular complexity index is 544. The molecule has 0 aliphatic carbocycles. The van der Waals surface area contributed by atoms with Gasteiger partial charge in [0.25, 0.3) is 5.22 Å². The topological polar surface area (TPSA) is 76.2 Å². The highest BCUT2D eigenvalue weighted by molar-refractivity contribution is 7.99. The standard InChI is InChI=1S/C10H7ClN2O3S/c11-7-3-1-2-6(4-7)9-12-10(16-13-9)17-5-8(14)15/h1-4H,5H2,(H,14,15). The Kier molecular flexibility index (Phi) is 3.65. The molecule has 17 heavy (non-hydrogen) atoms. The van der Waals surface area contributed by atoms with Crippen LogP contribution in [-0.4, -0.2) is 27.0 Å². The molecule has 0 amide bonds. The first-order valence-electron chi connectivity index (χ1n) is 4.59. The number of halogens is 1. The minimum Gasteiger partial charge on any atom is -0.481 e. The largest absolute Gasteiger partial charge is 0.481 e. The molecule has 0 atom stereocenters. The molecule has 0 aliphatic rings. The molecule has 0 saturated carbocycles. The Labute approximate surface area is 106 Å². The zero-order valence-electron chi connectivity index (χ0n) is 8.46. The van der Waals surface area contributed by atoms with Crippen molar-refractivity contribution in [3.8, 4) is 11.4 Å². The van der Waals surface area contributed by atoms with Crippen molar-refractivity contribution in [2.24, 2.45) is 0 Å². The van der Waals surface area contributed by atoms with Gasteiger partial charge in [0.1, 0.15) is 5.75 Å². The summed E-state index contributed by atoms with van der Waals surface area (Å²) >= 11 is 6.81. The summed E-state index contributed by atoms with van der Waals surface area (Å²) < 4.78 is 4.90. The number of hydrogen-bond acceptors (Lipinski definition) is 5. The molecule has 1 aromatic carbocycles. The van der Waals surface area contributed by atoms with Gasteiger partial charge in [0, 0.05) is 10.6 Å². The average molecular weight is 271 g/mol. The number of carbonyl (C=O) groups is 1. The van der Waals surface area contributed by atoms with Crippen LogP contribution in [0.15, 0.2) is 34.0 Å². The molecule has 0 fully saturated rings. The number of benzene rings is 1. The SMILES string of the molecule is O=C(O)CSc1nc(-c2cccc(Cl)c2)no1. The Morgan fingerprint density at radius 2 is 2.35 bits per heavy atom. The first kappa shape index (κ1) is 11.9. The highest BCUT2D eigenvalue weighted by Gasteiger charge is 2.10. The molecule has 0 radical (unpaired) electrons. The fourth-order valence-corrected chi connectivity index (χ4v) is 1.81.